The van der Waals surface area contributed by atoms with Crippen LogP contribution in [0.4, 0.5) is 9.18 Å². The number of hydrogen-bond acceptors (Lipinski definition) is 5. The van der Waals surface area contributed by atoms with Gasteiger partial charge in [-0.15, -0.1) is 0 Å². The largest absolute Gasteiger partial charge is 0.475 e. The van der Waals surface area contributed by atoms with Gasteiger partial charge in [0.05, 0.1) is 16.0 Å². The standard InChI is InChI=1S/C24H36FN3O4S/c1-22(2,3)32-21(29)28(9)13-12-19(27-33(30)23(4,5)6)18-14-16(25)10-11-17(18)20-26-24(7,8)15-31-20/h10-11,14H,12-13,15H2,1-9H3. The van der Waals surface area contributed by atoms with E-state index in [1.807, 2.05) is 34.6 Å². The van der Waals surface area contributed by atoms with E-state index in [1.165, 1.54) is 17.0 Å². The number of halogens is 1. The van der Waals surface area contributed by atoms with Crippen molar-refractivity contribution in [2.75, 3.05) is 20.2 Å². The molecule has 1 aliphatic heterocycles. The second kappa shape index (κ2) is 9.91. The molecular formula is C24H36FN3O4S. The van der Waals surface area contributed by atoms with Crippen LogP contribution in [0, 0.1) is 5.82 Å². The van der Waals surface area contributed by atoms with Gasteiger partial charge in [0.25, 0.3) is 0 Å². The van der Waals surface area contributed by atoms with Crippen LogP contribution >= 0.6 is 0 Å². The fourth-order valence-electron chi connectivity index (χ4n) is 2.84. The normalized spacial score (nSPS) is 17.3. The number of aliphatic imine (C=N–C) groups is 1. The maximum Gasteiger partial charge on any atom is 0.410 e. The van der Waals surface area contributed by atoms with Crippen LogP contribution in [-0.2, 0) is 20.5 Å². The van der Waals surface area contributed by atoms with Crippen LogP contribution in [0.2, 0.25) is 0 Å². The van der Waals surface area contributed by atoms with E-state index in [0.717, 1.165) is 0 Å². The Labute approximate surface area is 199 Å². The Morgan fingerprint density at radius 1 is 1.27 bits per heavy atom. The first-order valence-corrected chi connectivity index (χ1v) is 12.1. The fraction of sp³-hybridized carbons (Fsp3) is 0.625. The summed E-state index contributed by atoms with van der Waals surface area (Å²) in [6.07, 6.45) is -0.242. The van der Waals surface area contributed by atoms with Gasteiger partial charge in [0.1, 0.15) is 29.0 Å². The van der Waals surface area contributed by atoms with E-state index in [1.54, 1.807) is 33.9 Å². The van der Waals surface area contributed by atoms with Crippen LogP contribution in [0.1, 0.15) is 72.9 Å². The minimum Gasteiger partial charge on any atom is -0.475 e. The highest BCUT2D eigenvalue weighted by atomic mass is 32.2. The third kappa shape index (κ3) is 7.91. The van der Waals surface area contributed by atoms with E-state index in [-0.39, 0.29) is 13.0 Å². The van der Waals surface area contributed by atoms with Crippen LogP contribution in [0.15, 0.2) is 27.6 Å². The van der Waals surface area contributed by atoms with Crippen molar-refractivity contribution in [3.63, 3.8) is 0 Å². The molecule has 1 heterocycles. The first-order valence-electron chi connectivity index (χ1n) is 11.0. The lowest BCUT2D eigenvalue weighted by Gasteiger charge is -2.25. The number of benzene rings is 1. The van der Waals surface area contributed by atoms with Gasteiger partial charge in [-0.2, -0.15) is 4.40 Å². The number of nitrogens with zero attached hydrogens (tertiary/aromatic N) is 3. The predicted molar refractivity (Wildman–Crippen MR) is 131 cm³/mol. The molecule has 1 aromatic carbocycles. The van der Waals surface area contributed by atoms with E-state index in [0.29, 0.717) is 29.3 Å². The van der Waals surface area contributed by atoms with Crippen molar-refractivity contribution in [3.05, 3.63) is 35.1 Å². The molecule has 1 aliphatic rings. The first kappa shape index (κ1) is 27.0. The van der Waals surface area contributed by atoms with Gasteiger partial charge in [-0.3, -0.25) is 0 Å². The Balaban J connectivity index is 2.46. The summed E-state index contributed by atoms with van der Waals surface area (Å²) in [7, 11) is 0.0259. The summed E-state index contributed by atoms with van der Waals surface area (Å²) in [6, 6.07) is 4.28. The molecule has 2 rings (SSSR count). The van der Waals surface area contributed by atoms with Crippen molar-refractivity contribution in [3.8, 4) is 0 Å². The molecule has 0 aromatic heterocycles. The molecule has 1 aromatic rings. The van der Waals surface area contributed by atoms with Gasteiger partial charge < -0.3 is 14.4 Å². The second-order valence-electron chi connectivity index (χ2n) is 10.8. The van der Waals surface area contributed by atoms with Crippen LogP contribution < -0.4 is 0 Å². The Morgan fingerprint density at radius 3 is 2.42 bits per heavy atom. The van der Waals surface area contributed by atoms with E-state index >= 15 is 0 Å². The van der Waals surface area contributed by atoms with E-state index < -0.39 is 38.8 Å². The molecule has 1 atom stereocenters. The number of ether oxygens (including phenoxy) is 2. The molecule has 7 nitrogen and oxygen atoms in total. The molecule has 184 valence electrons. The van der Waals surface area contributed by atoms with Gasteiger partial charge in [0, 0.05) is 31.1 Å². The summed E-state index contributed by atoms with van der Waals surface area (Å²) < 4.78 is 42.3. The molecule has 1 unspecified atom stereocenters. The topological polar surface area (TPSA) is 80.6 Å². The van der Waals surface area contributed by atoms with Crippen LogP contribution in [0.25, 0.3) is 0 Å². The zero-order chi connectivity index (χ0) is 25.2. The zero-order valence-electron chi connectivity index (χ0n) is 21.1. The van der Waals surface area contributed by atoms with Gasteiger partial charge in [-0.05, 0) is 73.6 Å². The molecule has 0 saturated heterocycles. The summed E-state index contributed by atoms with van der Waals surface area (Å²) in [5.74, 6) is -0.0638. The third-order valence-corrected chi connectivity index (χ3v) is 6.03. The van der Waals surface area contributed by atoms with Crippen molar-refractivity contribution in [1.82, 2.24) is 4.90 Å². The van der Waals surface area contributed by atoms with Crippen molar-refractivity contribution < 1.29 is 22.9 Å². The molecule has 0 N–H and O–H groups in total. The van der Waals surface area contributed by atoms with Gasteiger partial charge >= 0.3 is 6.09 Å². The SMILES string of the molecule is CN(CCC(=NS(=O)C(C)(C)C)c1cc(F)ccc1C1=NC(C)(C)CO1)C(=O)OC(C)(C)C. The summed E-state index contributed by atoms with van der Waals surface area (Å²) in [6.45, 7) is 15.4. The minimum absolute atomic E-state index is 0.240. The quantitative estimate of drug-likeness (QED) is 0.542. The summed E-state index contributed by atoms with van der Waals surface area (Å²) in [5, 5.41) is 0. The van der Waals surface area contributed by atoms with Gasteiger partial charge in [0.2, 0.25) is 5.90 Å². The van der Waals surface area contributed by atoms with Crippen LogP contribution in [-0.4, -0.2) is 62.9 Å². The maximum absolute atomic E-state index is 14.3. The molecular weight excluding hydrogens is 445 g/mol. The summed E-state index contributed by atoms with van der Waals surface area (Å²) in [4.78, 5) is 18.4. The van der Waals surface area contributed by atoms with Crippen LogP contribution in [0.5, 0.6) is 0 Å². The van der Waals surface area contributed by atoms with Crippen molar-refractivity contribution in [1.29, 1.82) is 0 Å². The van der Waals surface area contributed by atoms with E-state index in [4.69, 9.17) is 9.47 Å². The molecule has 1 amide bonds. The smallest absolute Gasteiger partial charge is 0.410 e. The number of hydrogen-bond donors (Lipinski definition) is 0. The molecule has 0 aliphatic carbocycles. The molecule has 0 spiro atoms. The minimum atomic E-state index is -1.59. The lowest BCUT2D eigenvalue weighted by molar-refractivity contribution is 0.0303. The number of rotatable bonds is 6. The Hall–Kier alpha value is -2.29. The average Bonchev–Trinajstić information content (AvgIpc) is 3.01. The first-order chi connectivity index (χ1) is 15.0. The van der Waals surface area contributed by atoms with Crippen molar-refractivity contribution >= 4 is 28.7 Å². The highest BCUT2D eigenvalue weighted by Crippen LogP contribution is 2.25. The van der Waals surface area contributed by atoms with Gasteiger partial charge in [-0.1, -0.05) is 0 Å². The lowest BCUT2D eigenvalue weighted by atomic mass is 10.00. The summed E-state index contributed by atoms with van der Waals surface area (Å²) in [5.41, 5.74) is 0.400. The average molecular weight is 482 g/mol. The maximum atomic E-state index is 14.3. The molecule has 33 heavy (non-hydrogen) atoms. The number of carbonyl (C=O) groups is 1. The molecule has 0 saturated carbocycles. The Bertz CT molecular complexity index is 975. The predicted octanol–water partition coefficient (Wildman–Crippen LogP) is 4.89. The highest BCUT2D eigenvalue weighted by Gasteiger charge is 2.30. The van der Waals surface area contributed by atoms with Gasteiger partial charge in [0.15, 0.2) is 0 Å². The monoisotopic (exact) mass is 481 g/mol. The van der Waals surface area contributed by atoms with E-state index in [9.17, 15) is 13.4 Å². The second-order valence-corrected chi connectivity index (χ2v) is 12.7. The number of amides is 1. The van der Waals surface area contributed by atoms with Crippen LogP contribution in [0.3, 0.4) is 0 Å². The van der Waals surface area contributed by atoms with Crippen molar-refractivity contribution in [2.24, 2.45) is 9.39 Å². The van der Waals surface area contributed by atoms with Gasteiger partial charge in [-0.25, -0.2) is 18.4 Å². The molecule has 9 heteroatoms. The van der Waals surface area contributed by atoms with Crippen molar-refractivity contribution in [2.45, 2.75) is 77.7 Å². The molecule has 0 bridgehead atoms. The third-order valence-electron chi connectivity index (χ3n) is 4.60. The lowest BCUT2D eigenvalue weighted by Crippen LogP contribution is -2.35. The molecule has 0 fully saturated rings. The Kier molecular flexibility index (Phi) is 8.10. The highest BCUT2D eigenvalue weighted by molar-refractivity contribution is 7.85. The summed E-state index contributed by atoms with van der Waals surface area (Å²) >= 11 is 0. The fourth-order valence-corrected chi connectivity index (χ4v) is 3.50. The number of carbonyl (C=O) groups excluding carboxylic acids is 1. The Morgan fingerprint density at radius 2 is 1.91 bits per heavy atom. The molecule has 0 radical (unpaired) electrons. The van der Waals surface area contributed by atoms with E-state index in [2.05, 4.69) is 9.39 Å². The zero-order valence-corrected chi connectivity index (χ0v) is 21.9.